The average molecular weight is 424 g/mol. The summed E-state index contributed by atoms with van der Waals surface area (Å²) < 4.78 is 12.5. The Morgan fingerprint density at radius 3 is 2.83 bits per heavy atom. The molecule has 0 spiro atoms. The molecule has 9 heteroatoms. The van der Waals surface area contributed by atoms with E-state index in [9.17, 15) is 4.79 Å². The molecule has 0 aliphatic heterocycles. The van der Waals surface area contributed by atoms with E-state index in [4.69, 9.17) is 20.9 Å². The minimum atomic E-state index is -0.473. The van der Waals surface area contributed by atoms with Crippen molar-refractivity contribution in [1.29, 1.82) is 0 Å². The molecule has 4 aromatic rings. The third kappa shape index (κ3) is 4.66. The number of anilines is 1. The van der Waals surface area contributed by atoms with E-state index in [0.717, 1.165) is 5.56 Å². The Bertz CT molecular complexity index is 1160. The fraction of sp³-hybridized carbons (Fsp3) is 0.143. The zero-order chi connectivity index (χ0) is 20.9. The van der Waals surface area contributed by atoms with Crippen molar-refractivity contribution in [2.75, 3.05) is 5.32 Å². The molecule has 0 saturated carbocycles. The van der Waals surface area contributed by atoms with Gasteiger partial charge in [0.15, 0.2) is 5.69 Å². The van der Waals surface area contributed by atoms with Crippen molar-refractivity contribution < 1.29 is 14.1 Å². The number of benzene rings is 2. The first-order chi connectivity index (χ1) is 14.6. The highest BCUT2D eigenvalue weighted by atomic mass is 35.5. The SMILES string of the molecule is Cc1onc(C(=O)Nc2ncn(Cc3cccc(Cl)c3)n2)c1COc1ccccc1. The van der Waals surface area contributed by atoms with Gasteiger partial charge in [0.25, 0.3) is 5.91 Å². The van der Waals surface area contributed by atoms with Crippen LogP contribution in [-0.4, -0.2) is 25.8 Å². The Labute approximate surface area is 177 Å². The number of hydrogen-bond acceptors (Lipinski definition) is 6. The number of rotatable bonds is 7. The quantitative estimate of drug-likeness (QED) is 0.480. The summed E-state index contributed by atoms with van der Waals surface area (Å²) >= 11 is 6.01. The van der Waals surface area contributed by atoms with Gasteiger partial charge in [-0.3, -0.25) is 10.1 Å². The van der Waals surface area contributed by atoms with E-state index in [2.05, 4.69) is 20.6 Å². The van der Waals surface area contributed by atoms with Gasteiger partial charge in [-0.05, 0) is 36.8 Å². The van der Waals surface area contributed by atoms with Crippen LogP contribution in [0, 0.1) is 6.92 Å². The molecule has 2 heterocycles. The van der Waals surface area contributed by atoms with Crippen LogP contribution >= 0.6 is 11.6 Å². The molecule has 0 radical (unpaired) electrons. The smallest absolute Gasteiger partial charge is 0.280 e. The van der Waals surface area contributed by atoms with Gasteiger partial charge in [0.1, 0.15) is 24.4 Å². The van der Waals surface area contributed by atoms with Crippen LogP contribution in [0.2, 0.25) is 5.02 Å². The number of aromatic nitrogens is 4. The topological polar surface area (TPSA) is 95.1 Å². The van der Waals surface area contributed by atoms with Gasteiger partial charge in [0.05, 0.1) is 12.1 Å². The van der Waals surface area contributed by atoms with Crippen molar-refractivity contribution in [1.82, 2.24) is 19.9 Å². The lowest BCUT2D eigenvalue weighted by Crippen LogP contribution is -2.16. The largest absolute Gasteiger partial charge is 0.489 e. The maximum Gasteiger partial charge on any atom is 0.280 e. The van der Waals surface area contributed by atoms with Gasteiger partial charge in [-0.15, -0.1) is 5.10 Å². The van der Waals surface area contributed by atoms with Crippen LogP contribution in [0.3, 0.4) is 0 Å². The molecule has 2 aromatic heterocycles. The van der Waals surface area contributed by atoms with Gasteiger partial charge in [0, 0.05) is 5.02 Å². The maximum absolute atomic E-state index is 12.7. The van der Waals surface area contributed by atoms with Crippen molar-refractivity contribution in [3.05, 3.63) is 88.5 Å². The molecule has 0 saturated heterocycles. The molecule has 0 atom stereocenters. The summed E-state index contributed by atoms with van der Waals surface area (Å²) in [6, 6.07) is 16.7. The van der Waals surface area contributed by atoms with E-state index >= 15 is 0 Å². The fourth-order valence-electron chi connectivity index (χ4n) is 2.82. The van der Waals surface area contributed by atoms with Crippen LogP contribution in [0.5, 0.6) is 5.75 Å². The Hall–Kier alpha value is -3.65. The van der Waals surface area contributed by atoms with Gasteiger partial charge in [-0.1, -0.05) is 47.1 Å². The van der Waals surface area contributed by atoms with Gasteiger partial charge < -0.3 is 9.26 Å². The van der Waals surface area contributed by atoms with Crippen molar-refractivity contribution in [2.24, 2.45) is 0 Å². The zero-order valence-corrected chi connectivity index (χ0v) is 16.8. The molecule has 0 unspecified atom stereocenters. The summed E-state index contributed by atoms with van der Waals surface area (Å²) in [5.41, 5.74) is 1.67. The number of ether oxygens (including phenoxy) is 1. The number of carbonyl (C=O) groups is 1. The first-order valence-electron chi connectivity index (χ1n) is 9.17. The van der Waals surface area contributed by atoms with E-state index in [1.54, 1.807) is 17.7 Å². The van der Waals surface area contributed by atoms with E-state index in [0.29, 0.717) is 28.6 Å². The van der Waals surface area contributed by atoms with Crippen LogP contribution < -0.4 is 10.1 Å². The molecule has 2 aromatic carbocycles. The first kappa shape index (κ1) is 19.7. The highest BCUT2D eigenvalue weighted by Gasteiger charge is 2.21. The Kier molecular flexibility index (Phi) is 5.76. The van der Waals surface area contributed by atoms with Crippen molar-refractivity contribution in [2.45, 2.75) is 20.1 Å². The minimum Gasteiger partial charge on any atom is -0.489 e. The van der Waals surface area contributed by atoms with Gasteiger partial charge in [0.2, 0.25) is 5.95 Å². The molecule has 30 heavy (non-hydrogen) atoms. The number of hydrogen-bond donors (Lipinski definition) is 1. The molecule has 1 amide bonds. The van der Waals surface area contributed by atoms with Gasteiger partial charge in [-0.2, -0.15) is 0 Å². The van der Waals surface area contributed by atoms with Crippen LogP contribution in [0.15, 0.2) is 65.4 Å². The predicted molar refractivity (Wildman–Crippen MR) is 111 cm³/mol. The maximum atomic E-state index is 12.7. The van der Waals surface area contributed by atoms with Crippen molar-refractivity contribution >= 4 is 23.5 Å². The predicted octanol–water partition coefficient (Wildman–Crippen LogP) is 4.11. The van der Waals surface area contributed by atoms with Crippen molar-refractivity contribution in [3.63, 3.8) is 0 Å². The first-order valence-corrected chi connectivity index (χ1v) is 9.54. The monoisotopic (exact) mass is 423 g/mol. The molecule has 1 N–H and O–H groups in total. The van der Waals surface area contributed by atoms with Crippen LogP contribution in [-0.2, 0) is 13.2 Å². The normalized spacial score (nSPS) is 10.7. The molecule has 152 valence electrons. The molecular weight excluding hydrogens is 406 g/mol. The molecule has 0 aliphatic rings. The second kappa shape index (κ2) is 8.79. The number of nitrogens with zero attached hydrogens (tertiary/aromatic N) is 4. The second-order valence-corrected chi connectivity index (χ2v) is 6.95. The molecule has 0 aliphatic carbocycles. The summed E-state index contributed by atoms with van der Waals surface area (Å²) in [5.74, 6) is 0.887. The number of carbonyl (C=O) groups excluding carboxylic acids is 1. The van der Waals surface area contributed by atoms with Gasteiger partial charge >= 0.3 is 0 Å². The molecular formula is C21H18ClN5O3. The van der Waals surface area contributed by atoms with Crippen LogP contribution in [0.4, 0.5) is 5.95 Å². The summed E-state index contributed by atoms with van der Waals surface area (Å²) in [4.78, 5) is 16.8. The Balaban J connectivity index is 1.42. The van der Waals surface area contributed by atoms with Crippen LogP contribution in [0.25, 0.3) is 0 Å². The Morgan fingerprint density at radius 1 is 1.20 bits per heavy atom. The summed E-state index contributed by atoms with van der Waals surface area (Å²) in [6.45, 7) is 2.35. The lowest BCUT2D eigenvalue weighted by molar-refractivity contribution is 0.101. The van der Waals surface area contributed by atoms with Crippen molar-refractivity contribution in [3.8, 4) is 5.75 Å². The molecule has 8 nitrogen and oxygen atoms in total. The zero-order valence-electron chi connectivity index (χ0n) is 16.1. The average Bonchev–Trinajstić information content (AvgIpc) is 3.33. The minimum absolute atomic E-state index is 0.134. The summed E-state index contributed by atoms with van der Waals surface area (Å²) in [7, 11) is 0. The third-order valence-electron chi connectivity index (χ3n) is 4.32. The standard InChI is InChI=1S/C21H18ClN5O3/c1-14-18(12-29-17-8-3-2-4-9-17)19(26-30-14)20(28)24-21-23-13-27(25-21)11-15-6-5-7-16(22)10-15/h2-10,13H,11-12H2,1H3,(H,24,25,28). The highest BCUT2D eigenvalue weighted by Crippen LogP contribution is 2.18. The van der Waals surface area contributed by atoms with E-state index in [-0.39, 0.29) is 18.2 Å². The Morgan fingerprint density at radius 2 is 2.03 bits per heavy atom. The summed E-state index contributed by atoms with van der Waals surface area (Å²) in [6.07, 6.45) is 1.53. The number of para-hydroxylation sites is 1. The highest BCUT2D eigenvalue weighted by molar-refractivity contribution is 6.30. The van der Waals surface area contributed by atoms with Crippen LogP contribution in [0.1, 0.15) is 27.4 Å². The number of nitrogens with one attached hydrogen (secondary N) is 1. The fourth-order valence-corrected chi connectivity index (χ4v) is 3.04. The van der Waals surface area contributed by atoms with E-state index in [1.807, 2.05) is 48.5 Å². The van der Waals surface area contributed by atoms with Gasteiger partial charge in [-0.25, -0.2) is 9.67 Å². The summed E-state index contributed by atoms with van der Waals surface area (Å²) in [5, 5.41) is 11.4. The number of amides is 1. The number of aryl methyl sites for hydroxylation is 1. The molecule has 0 bridgehead atoms. The third-order valence-corrected chi connectivity index (χ3v) is 4.56. The molecule has 4 rings (SSSR count). The molecule has 0 fully saturated rings. The number of halogens is 1. The second-order valence-electron chi connectivity index (χ2n) is 6.52. The van der Waals surface area contributed by atoms with E-state index in [1.165, 1.54) is 6.33 Å². The lowest BCUT2D eigenvalue weighted by Gasteiger charge is -2.06. The lowest BCUT2D eigenvalue weighted by atomic mass is 10.2. The van der Waals surface area contributed by atoms with E-state index < -0.39 is 5.91 Å².